The molecule has 0 amide bonds. The molecule has 1 unspecified atom stereocenters. The van der Waals surface area contributed by atoms with Crippen LogP contribution in [0.3, 0.4) is 0 Å². The van der Waals surface area contributed by atoms with Crippen molar-refractivity contribution in [1.82, 2.24) is 4.98 Å². The summed E-state index contributed by atoms with van der Waals surface area (Å²) in [4.78, 5) is 4.41. The number of ether oxygens (including phenoxy) is 1. The van der Waals surface area contributed by atoms with E-state index in [1.165, 1.54) is 6.42 Å². The van der Waals surface area contributed by atoms with E-state index in [4.69, 9.17) is 27.9 Å². The lowest BCUT2D eigenvalue weighted by atomic mass is 9.70. The number of hydrogen-bond acceptors (Lipinski definition) is 3. The van der Waals surface area contributed by atoms with Gasteiger partial charge in [0.2, 0.25) is 0 Å². The van der Waals surface area contributed by atoms with Crippen LogP contribution in [0.5, 0.6) is 5.75 Å². The SMILES string of the molecule is C=Cc1ncc2c(c1O)COC2(c1cccc(Cl)c1Cl)C1CCCCC1. The Bertz CT molecular complexity index is 861. The minimum Gasteiger partial charge on any atom is -0.505 e. The predicted octanol–water partition coefficient (Wildman–Crippen LogP) is 6.09. The number of benzene rings is 1. The largest absolute Gasteiger partial charge is 0.505 e. The first-order valence-electron chi connectivity index (χ1n) is 9.01. The molecule has 1 aliphatic carbocycles. The molecule has 1 aromatic carbocycles. The molecule has 0 saturated heterocycles. The molecule has 2 aromatic rings. The average molecular weight is 390 g/mol. The summed E-state index contributed by atoms with van der Waals surface area (Å²) in [5.41, 5.74) is 2.30. The second-order valence-electron chi connectivity index (χ2n) is 7.05. The zero-order chi connectivity index (χ0) is 18.3. The standard InChI is InChI=1S/C21H21Cl2NO2/c1-2-18-20(25)14-12-26-21(16(14)11-24-18,13-7-4-3-5-8-13)15-9-6-10-17(22)19(15)23/h2,6,9-11,13,25H,1,3-5,7-8,12H2. The summed E-state index contributed by atoms with van der Waals surface area (Å²) in [7, 11) is 0. The van der Waals surface area contributed by atoms with Crippen LogP contribution in [0.15, 0.2) is 31.0 Å². The van der Waals surface area contributed by atoms with Crippen LogP contribution < -0.4 is 0 Å². The molecule has 4 rings (SSSR count). The third-order valence-electron chi connectivity index (χ3n) is 5.76. The fourth-order valence-electron chi connectivity index (χ4n) is 4.51. The highest BCUT2D eigenvalue weighted by Gasteiger charge is 2.50. The second-order valence-corrected chi connectivity index (χ2v) is 7.83. The van der Waals surface area contributed by atoms with Gasteiger partial charge in [-0.2, -0.15) is 0 Å². The fraction of sp³-hybridized carbons (Fsp3) is 0.381. The van der Waals surface area contributed by atoms with E-state index in [-0.39, 0.29) is 11.7 Å². The fourth-order valence-corrected chi connectivity index (χ4v) is 4.96. The Kier molecular flexibility index (Phi) is 4.72. The number of fused-ring (bicyclic) bond motifs is 1. The van der Waals surface area contributed by atoms with Crippen molar-refractivity contribution in [3.05, 3.63) is 63.4 Å². The molecule has 3 nitrogen and oxygen atoms in total. The molecule has 5 heteroatoms. The minimum absolute atomic E-state index is 0.147. The van der Waals surface area contributed by atoms with E-state index >= 15 is 0 Å². The van der Waals surface area contributed by atoms with Crippen LogP contribution in [0.4, 0.5) is 0 Å². The van der Waals surface area contributed by atoms with Gasteiger partial charge in [0.15, 0.2) is 0 Å². The van der Waals surface area contributed by atoms with Crippen molar-refractivity contribution >= 4 is 29.3 Å². The van der Waals surface area contributed by atoms with Crippen LogP contribution in [-0.2, 0) is 16.9 Å². The molecule has 0 bridgehead atoms. The van der Waals surface area contributed by atoms with Gasteiger partial charge in [-0.15, -0.1) is 0 Å². The number of rotatable bonds is 3. The van der Waals surface area contributed by atoms with E-state index in [0.29, 0.717) is 22.3 Å². The molecule has 0 spiro atoms. The topological polar surface area (TPSA) is 42.4 Å². The predicted molar refractivity (Wildman–Crippen MR) is 105 cm³/mol. The number of aromatic nitrogens is 1. The van der Waals surface area contributed by atoms with Crippen LogP contribution in [0.1, 0.15) is 54.5 Å². The molecule has 1 fully saturated rings. The van der Waals surface area contributed by atoms with E-state index < -0.39 is 5.60 Å². The zero-order valence-electron chi connectivity index (χ0n) is 14.5. The summed E-state index contributed by atoms with van der Waals surface area (Å²) in [6, 6.07) is 5.67. The van der Waals surface area contributed by atoms with Gasteiger partial charge in [-0.3, -0.25) is 4.98 Å². The molecule has 2 aliphatic rings. The molecule has 1 aliphatic heterocycles. The van der Waals surface area contributed by atoms with Crippen molar-refractivity contribution in [3.63, 3.8) is 0 Å². The van der Waals surface area contributed by atoms with Gasteiger partial charge < -0.3 is 9.84 Å². The number of halogens is 2. The molecule has 136 valence electrons. The van der Waals surface area contributed by atoms with E-state index in [0.717, 1.165) is 42.4 Å². The minimum atomic E-state index is -0.720. The Labute approximate surface area is 163 Å². The molecule has 2 heterocycles. The zero-order valence-corrected chi connectivity index (χ0v) is 16.0. The first kappa shape index (κ1) is 17.8. The van der Waals surface area contributed by atoms with Crippen molar-refractivity contribution in [3.8, 4) is 5.75 Å². The summed E-state index contributed by atoms with van der Waals surface area (Å²) in [6.45, 7) is 4.05. The number of aromatic hydroxyl groups is 1. The van der Waals surface area contributed by atoms with Crippen LogP contribution >= 0.6 is 23.2 Å². The molecular weight excluding hydrogens is 369 g/mol. The van der Waals surface area contributed by atoms with Crippen molar-refractivity contribution in [1.29, 1.82) is 0 Å². The van der Waals surface area contributed by atoms with E-state index in [1.54, 1.807) is 12.1 Å². The molecule has 0 radical (unpaired) electrons. The molecule has 1 atom stereocenters. The summed E-state index contributed by atoms with van der Waals surface area (Å²) < 4.78 is 6.48. The van der Waals surface area contributed by atoms with Crippen LogP contribution in [0.25, 0.3) is 6.08 Å². The van der Waals surface area contributed by atoms with Crippen molar-refractivity contribution in [2.75, 3.05) is 0 Å². The van der Waals surface area contributed by atoms with E-state index in [2.05, 4.69) is 11.6 Å². The van der Waals surface area contributed by atoms with Gasteiger partial charge in [-0.1, -0.05) is 61.2 Å². The maximum atomic E-state index is 10.6. The first-order chi connectivity index (χ1) is 12.6. The van der Waals surface area contributed by atoms with Gasteiger partial charge in [-0.05, 0) is 30.9 Å². The number of pyridine rings is 1. The summed E-state index contributed by atoms with van der Waals surface area (Å²) in [6.07, 6.45) is 9.02. The highest BCUT2D eigenvalue weighted by atomic mass is 35.5. The smallest absolute Gasteiger partial charge is 0.147 e. The molecule has 1 saturated carbocycles. The number of hydrogen-bond donors (Lipinski definition) is 1. The van der Waals surface area contributed by atoms with E-state index in [1.807, 2.05) is 18.3 Å². The van der Waals surface area contributed by atoms with Gasteiger partial charge in [0, 0.05) is 22.9 Å². The lowest BCUT2D eigenvalue weighted by Gasteiger charge is -2.40. The summed E-state index contributed by atoms with van der Waals surface area (Å²) >= 11 is 13.0. The Morgan fingerprint density at radius 2 is 1.96 bits per heavy atom. The van der Waals surface area contributed by atoms with Gasteiger partial charge in [0.05, 0.1) is 16.7 Å². The molecule has 1 N–H and O–H groups in total. The van der Waals surface area contributed by atoms with Gasteiger partial charge >= 0.3 is 0 Å². The van der Waals surface area contributed by atoms with Crippen LogP contribution in [-0.4, -0.2) is 10.1 Å². The Morgan fingerprint density at radius 3 is 2.69 bits per heavy atom. The highest BCUT2D eigenvalue weighted by Crippen LogP contribution is 2.55. The number of nitrogens with zero attached hydrogens (tertiary/aromatic N) is 1. The quantitative estimate of drug-likeness (QED) is 0.690. The van der Waals surface area contributed by atoms with Gasteiger partial charge in [0.25, 0.3) is 0 Å². The third kappa shape index (κ3) is 2.57. The maximum Gasteiger partial charge on any atom is 0.147 e. The normalized spacial score (nSPS) is 23.0. The van der Waals surface area contributed by atoms with E-state index in [9.17, 15) is 5.11 Å². The van der Waals surface area contributed by atoms with Gasteiger partial charge in [-0.25, -0.2) is 0 Å². The lowest BCUT2D eigenvalue weighted by molar-refractivity contribution is -0.0608. The van der Waals surface area contributed by atoms with Crippen LogP contribution in [0, 0.1) is 5.92 Å². The summed E-state index contributed by atoms with van der Waals surface area (Å²) in [5.74, 6) is 0.414. The first-order valence-corrected chi connectivity index (χ1v) is 9.77. The maximum absolute atomic E-state index is 10.6. The molecule has 26 heavy (non-hydrogen) atoms. The Hall–Kier alpha value is -1.55. The monoisotopic (exact) mass is 389 g/mol. The Balaban J connectivity index is 1.97. The average Bonchev–Trinajstić information content (AvgIpc) is 3.06. The highest BCUT2D eigenvalue weighted by molar-refractivity contribution is 6.42. The third-order valence-corrected chi connectivity index (χ3v) is 6.57. The molecular formula is C21H21Cl2NO2. The molecule has 1 aromatic heterocycles. The Morgan fingerprint density at radius 1 is 1.19 bits per heavy atom. The van der Waals surface area contributed by atoms with Crippen molar-refractivity contribution in [2.24, 2.45) is 5.92 Å². The van der Waals surface area contributed by atoms with Crippen molar-refractivity contribution < 1.29 is 9.84 Å². The second kappa shape index (κ2) is 6.88. The van der Waals surface area contributed by atoms with Crippen molar-refractivity contribution in [2.45, 2.75) is 44.3 Å². The van der Waals surface area contributed by atoms with Gasteiger partial charge in [0.1, 0.15) is 17.0 Å². The summed E-state index contributed by atoms with van der Waals surface area (Å²) in [5, 5.41) is 11.7. The van der Waals surface area contributed by atoms with Crippen LogP contribution in [0.2, 0.25) is 10.0 Å². The lowest BCUT2D eigenvalue weighted by Crippen LogP contribution is -2.38.